The first-order chi connectivity index (χ1) is 9.33. The van der Waals surface area contributed by atoms with Crippen LogP contribution >= 0.6 is 0 Å². The summed E-state index contributed by atoms with van der Waals surface area (Å²) >= 11 is 0. The third-order valence-electron chi connectivity index (χ3n) is 3.68. The van der Waals surface area contributed by atoms with Crippen molar-refractivity contribution < 1.29 is 4.74 Å². The van der Waals surface area contributed by atoms with Crippen molar-refractivity contribution in [2.24, 2.45) is 0 Å². The van der Waals surface area contributed by atoms with Crippen molar-refractivity contribution in [3.63, 3.8) is 0 Å². The molecule has 0 radical (unpaired) electrons. The standard InChI is InChI=1S/C16H22N2O/c1-3-10-18-11-8-15(9-12-18)17-13-14-6-4-5-7-16(14)19-2/h1,4-7,15,17H,8-13H2,2H3. The van der Waals surface area contributed by atoms with Crippen molar-refractivity contribution in [1.82, 2.24) is 10.2 Å². The first kappa shape index (κ1) is 13.9. The Balaban J connectivity index is 1.79. The van der Waals surface area contributed by atoms with E-state index in [9.17, 15) is 0 Å². The monoisotopic (exact) mass is 258 g/mol. The predicted octanol–water partition coefficient (Wildman–Crippen LogP) is 1.88. The summed E-state index contributed by atoms with van der Waals surface area (Å²) in [6.07, 6.45) is 7.67. The van der Waals surface area contributed by atoms with E-state index in [0.717, 1.165) is 44.8 Å². The number of nitrogens with zero attached hydrogens (tertiary/aromatic N) is 1. The normalized spacial score (nSPS) is 17.1. The molecule has 3 heteroatoms. The third kappa shape index (κ3) is 3.99. The van der Waals surface area contributed by atoms with E-state index in [1.807, 2.05) is 12.1 Å². The molecule has 0 atom stereocenters. The average molecular weight is 258 g/mol. The van der Waals surface area contributed by atoms with E-state index in [4.69, 9.17) is 11.2 Å². The van der Waals surface area contributed by atoms with Crippen LogP contribution in [0.4, 0.5) is 0 Å². The molecule has 0 unspecified atom stereocenters. The van der Waals surface area contributed by atoms with Crippen LogP contribution in [0.1, 0.15) is 18.4 Å². The molecular weight excluding hydrogens is 236 g/mol. The van der Waals surface area contributed by atoms with E-state index in [0.29, 0.717) is 6.04 Å². The Morgan fingerprint density at radius 3 is 2.79 bits per heavy atom. The molecule has 3 nitrogen and oxygen atoms in total. The van der Waals surface area contributed by atoms with E-state index in [1.165, 1.54) is 5.56 Å². The van der Waals surface area contributed by atoms with Crippen molar-refractivity contribution >= 4 is 0 Å². The van der Waals surface area contributed by atoms with Gasteiger partial charge in [-0.05, 0) is 18.9 Å². The lowest BCUT2D eigenvalue weighted by atomic mass is 10.0. The first-order valence-corrected chi connectivity index (χ1v) is 6.84. The van der Waals surface area contributed by atoms with Crippen LogP contribution in [0.2, 0.25) is 0 Å². The number of nitrogens with one attached hydrogen (secondary N) is 1. The summed E-state index contributed by atoms with van der Waals surface area (Å²) < 4.78 is 5.36. The molecule has 102 valence electrons. The van der Waals surface area contributed by atoms with E-state index < -0.39 is 0 Å². The number of likely N-dealkylation sites (tertiary alicyclic amines) is 1. The van der Waals surface area contributed by atoms with Gasteiger partial charge in [-0.2, -0.15) is 0 Å². The molecule has 1 heterocycles. The summed E-state index contributed by atoms with van der Waals surface area (Å²) in [4.78, 5) is 2.33. The van der Waals surface area contributed by atoms with Gasteiger partial charge in [-0.15, -0.1) is 6.42 Å². The molecule has 0 aromatic heterocycles. The van der Waals surface area contributed by atoms with Gasteiger partial charge in [0.15, 0.2) is 0 Å². The molecule has 0 bridgehead atoms. The van der Waals surface area contributed by atoms with Gasteiger partial charge in [-0.25, -0.2) is 0 Å². The molecule has 0 saturated carbocycles. The highest BCUT2D eigenvalue weighted by atomic mass is 16.5. The zero-order valence-corrected chi connectivity index (χ0v) is 11.6. The van der Waals surface area contributed by atoms with Crippen molar-refractivity contribution in [3.8, 4) is 18.1 Å². The van der Waals surface area contributed by atoms with Crippen LogP contribution in [-0.4, -0.2) is 37.7 Å². The number of ether oxygens (including phenoxy) is 1. The van der Waals surface area contributed by atoms with Gasteiger partial charge in [-0.3, -0.25) is 4.90 Å². The topological polar surface area (TPSA) is 24.5 Å². The minimum atomic E-state index is 0.582. The van der Waals surface area contributed by atoms with Gasteiger partial charge in [0.2, 0.25) is 0 Å². The molecule has 1 aliphatic heterocycles. The molecule has 1 aliphatic rings. The molecule has 0 spiro atoms. The summed E-state index contributed by atoms with van der Waals surface area (Å²) in [6, 6.07) is 8.75. The lowest BCUT2D eigenvalue weighted by Crippen LogP contribution is -2.42. The highest BCUT2D eigenvalue weighted by Crippen LogP contribution is 2.18. The van der Waals surface area contributed by atoms with Gasteiger partial charge in [0.05, 0.1) is 13.7 Å². The van der Waals surface area contributed by atoms with E-state index >= 15 is 0 Å². The second kappa shape index (κ2) is 7.18. The lowest BCUT2D eigenvalue weighted by Gasteiger charge is -2.31. The molecule has 0 aliphatic carbocycles. The molecule has 1 aromatic rings. The highest BCUT2D eigenvalue weighted by molar-refractivity contribution is 5.33. The van der Waals surface area contributed by atoms with Crippen LogP contribution in [0.15, 0.2) is 24.3 Å². The Morgan fingerprint density at radius 1 is 1.37 bits per heavy atom. The second-order valence-electron chi connectivity index (χ2n) is 4.95. The van der Waals surface area contributed by atoms with Gasteiger partial charge in [0.1, 0.15) is 5.75 Å². The van der Waals surface area contributed by atoms with Gasteiger partial charge in [-0.1, -0.05) is 24.1 Å². The van der Waals surface area contributed by atoms with E-state index in [1.54, 1.807) is 7.11 Å². The molecular formula is C16H22N2O. The van der Waals surface area contributed by atoms with Crippen LogP contribution in [-0.2, 0) is 6.54 Å². The predicted molar refractivity (Wildman–Crippen MR) is 78.1 cm³/mol. The van der Waals surface area contributed by atoms with Crippen molar-refractivity contribution in [3.05, 3.63) is 29.8 Å². The molecule has 19 heavy (non-hydrogen) atoms. The number of piperidine rings is 1. The summed E-state index contributed by atoms with van der Waals surface area (Å²) in [5.74, 6) is 3.67. The average Bonchev–Trinajstić information content (AvgIpc) is 2.47. The molecule has 0 amide bonds. The summed E-state index contributed by atoms with van der Waals surface area (Å²) in [7, 11) is 1.72. The zero-order chi connectivity index (χ0) is 13.5. The number of methoxy groups -OCH3 is 1. The maximum absolute atomic E-state index is 5.36. The van der Waals surface area contributed by atoms with E-state index in [-0.39, 0.29) is 0 Å². The quantitative estimate of drug-likeness (QED) is 0.816. The van der Waals surface area contributed by atoms with Gasteiger partial charge in [0.25, 0.3) is 0 Å². The largest absolute Gasteiger partial charge is 0.496 e. The number of hydrogen-bond acceptors (Lipinski definition) is 3. The molecule has 1 fully saturated rings. The zero-order valence-electron chi connectivity index (χ0n) is 11.6. The van der Waals surface area contributed by atoms with Crippen LogP contribution in [0.25, 0.3) is 0 Å². The number of rotatable bonds is 5. The van der Waals surface area contributed by atoms with Crippen LogP contribution in [0.3, 0.4) is 0 Å². The van der Waals surface area contributed by atoms with Crippen LogP contribution < -0.4 is 10.1 Å². The first-order valence-electron chi connectivity index (χ1n) is 6.84. The number of benzene rings is 1. The third-order valence-corrected chi connectivity index (χ3v) is 3.68. The SMILES string of the molecule is C#CCN1CCC(NCc2ccccc2OC)CC1. The summed E-state index contributed by atoms with van der Waals surface area (Å²) in [5.41, 5.74) is 1.22. The van der Waals surface area contributed by atoms with Crippen molar-refractivity contribution in [2.75, 3.05) is 26.7 Å². The Kier molecular flexibility index (Phi) is 5.26. The summed E-state index contributed by atoms with van der Waals surface area (Å²) in [5, 5.41) is 3.62. The maximum Gasteiger partial charge on any atom is 0.123 e. The van der Waals surface area contributed by atoms with Gasteiger partial charge < -0.3 is 10.1 Å². The fourth-order valence-electron chi connectivity index (χ4n) is 2.53. The minimum Gasteiger partial charge on any atom is -0.496 e. The van der Waals surface area contributed by atoms with E-state index in [2.05, 4.69) is 28.3 Å². The van der Waals surface area contributed by atoms with Crippen molar-refractivity contribution in [1.29, 1.82) is 0 Å². The molecule has 1 aromatic carbocycles. The lowest BCUT2D eigenvalue weighted by molar-refractivity contribution is 0.217. The Morgan fingerprint density at radius 2 is 2.11 bits per heavy atom. The van der Waals surface area contributed by atoms with Gasteiger partial charge in [0, 0.05) is 31.2 Å². The Labute approximate surface area is 115 Å². The van der Waals surface area contributed by atoms with Crippen LogP contribution in [0, 0.1) is 12.3 Å². The fourth-order valence-corrected chi connectivity index (χ4v) is 2.53. The fraction of sp³-hybridized carbons (Fsp3) is 0.500. The number of hydrogen-bond donors (Lipinski definition) is 1. The Bertz CT molecular complexity index is 431. The maximum atomic E-state index is 5.36. The second-order valence-corrected chi connectivity index (χ2v) is 4.95. The molecule has 1 saturated heterocycles. The highest BCUT2D eigenvalue weighted by Gasteiger charge is 2.18. The van der Waals surface area contributed by atoms with Gasteiger partial charge >= 0.3 is 0 Å². The summed E-state index contributed by atoms with van der Waals surface area (Å²) in [6.45, 7) is 3.82. The minimum absolute atomic E-state index is 0.582. The van der Waals surface area contributed by atoms with Crippen LogP contribution in [0.5, 0.6) is 5.75 Å². The molecule has 2 rings (SSSR count). The van der Waals surface area contributed by atoms with Crippen molar-refractivity contribution in [2.45, 2.75) is 25.4 Å². The molecule has 1 N–H and O–H groups in total. The number of para-hydroxylation sites is 1. The Hall–Kier alpha value is -1.50. The number of terminal acetylenes is 1. The smallest absolute Gasteiger partial charge is 0.123 e.